The summed E-state index contributed by atoms with van der Waals surface area (Å²) < 4.78 is 0. The fraction of sp³-hybridized carbons (Fsp3) is 1.00. The molecule has 1 aliphatic heterocycles. The van der Waals surface area contributed by atoms with Crippen LogP contribution in [0.5, 0.6) is 0 Å². The Morgan fingerprint density at radius 2 is 1.94 bits per heavy atom. The molecule has 1 atom stereocenters. The van der Waals surface area contributed by atoms with Gasteiger partial charge < -0.3 is 10.6 Å². The maximum absolute atomic E-state index is 3.74. The molecule has 0 bridgehead atoms. The van der Waals surface area contributed by atoms with Crippen molar-refractivity contribution in [3.8, 4) is 0 Å². The smallest absolute Gasteiger partial charge is 0.0181 e. The van der Waals surface area contributed by atoms with E-state index in [4.69, 9.17) is 0 Å². The molecule has 1 saturated carbocycles. The van der Waals surface area contributed by atoms with Gasteiger partial charge in [-0.1, -0.05) is 27.7 Å². The quantitative estimate of drug-likeness (QED) is 0.789. The standard InChI is InChI=1S/C13H26N2S/c1-12(2)11(13(12,3)4)15-6-5-10-9-16-8-7-14-10/h10-11,14-15H,5-9H2,1-4H3. The maximum Gasteiger partial charge on any atom is 0.0181 e. The van der Waals surface area contributed by atoms with Gasteiger partial charge in [-0.05, 0) is 23.8 Å². The molecule has 1 aliphatic carbocycles. The van der Waals surface area contributed by atoms with Crippen molar-refractivity contribution in [2.45, 2.75) is 46.2 Å². The number of nitrogens with one attached hydrogen (secondary N) is 2. The van der Waals surface area contributed by atoms with E-state index in [1.54, 1.807) is 0 Å². The Morgan fingerprint density at radius 1 is 1.25 bits per heavy atom. The molecule has 0 aromatic rings. The van der Waals surface area contributed by atoms with E-state index in [1.165, 1.54) is 24.5 Å². The number of thioether (sulfide) groups is 1. The lowest BCUT2D eigenvalue weighted by molar-refractivity contribution is 0.457. The number of hydrogen-bond donors (Lipinski definition) is 2. The molecule has 2 aliphatic rings. The molecule has 94 valence electrons. The van der Waals surface area contributed by atoms with E-state index >= 15 is 0 Å². The van der Waals surface area contributed by atoms with Crippen LogP contribution in [0.25, 0.3) is 0 Å². The van der Waals surface area contributed by atoms with E-state index in [1.807, 2.05) is 0 Å². The molecule has 0 aromatic heterocycles. The molecule has 2 fully saturated rings. The first-order chi connectivity index (χ1) is 7.46. The van der Waals surface area contributed by atoms with Crippen LogP contribution in [-0.4, -0.2) is 36.7 Å². The fourth-order valence-corrected chi connectivity index (χ4v) is 3.91. The van der Waals surface area contributed by atoms with E-state index in [2.05, 4.69) is 50.1 Å². The van der Waals surface area contributed by atoms with Crippen LogP contribution in [0.2, 0.25) is 0 Å². The summed E-state index contributed by atoms with van der Waals surface area (Å²) in [6, 6.07) is 1.44. The predicted molar refractivity (Wildman–Crippen MR) is 73.1 cm³/mol. The summed E-state index contributed by atoms with van der Waals surface area (Å²) in [4.78, 5) is 0. The lowest BCUT2D eigenvalue weighted by atomic mass is 10.0. The molecule has 1 heterocycles. The maximum atomic E-state index is 3.74. The van der Waals surface area contributed by atoms with E-state index < -0.39 is 0 Å². The minimum absolute atomic E-state index is 0.474. The molecule has 2 N–H and O–H groups in total. The zero-order chi connectivity index (χ0) is 11.8. The highest BCUT2D eigenvalue weighted by Crippen LogP contribution is 2.62. The highest BCUT2D eigenvalue weighted by Gasteiger charge is 2.64. The van der Waals surface area contributed by atoms with Crippen LogP contribution in [0.15, 0.2) is 0 Å². The summed E-state index contributed by atoms with van der Waals surface area (Å²) in [7, 11) is 0. The second-order valence-corrected chi connectivity index (χ2v) is 7.49. The Bertz CT molecular complexity index is 230. The summed E-state index contributed by atoms with van der Waals surface area (Å²) in [5, 5.41) is 7.33. The molecule has 0 aromatic carbocycles. The minimum Gasteiger partial charge on any atom is -0.313 e. The van der Waals surface area contributed by atoms with Crippen molar-refractivity contribution in [1.82, 2.24) is 10.6 Å². The molecule has 2 nitrogen and oxygen atoms in total. The minimum atomic E-state index is 0.474. The third kappa shape index (κ3) is 2.27. The van der Waals surface area contributed by atoms with Crippen LogP contribution in [0, 0.1) is 10.8 Å². The highest BCUT2D eigenvalue weighted by atomic mass is 32.2. The second kappa shape index (κ2) is 4.51. The fourth-order valence-electron chi connectivity index (χ4n) is 2.91. The zero-order valence-corrected chi connectivity index (χ0v) is 11.9. The van der Waals surface area contributed by atoms with Crippen molar-refractivity contribution in [2.24, 2.45) is 10.8 Å². The predicted octanol–water partition coefficient (Wildman–Crippen LogP) is 2.11. The van der Waals surface area contributed by atoms with Crippen molar-refractivity contribution in [3.63, 3.8) is 0 Å². The summed E-state index contributed by atoms with van der Waals surface area (Å²) in [6.07, 6.45) is 1.27. The summed E-state index contributed by atoms with van der Waals surface area (Å²) in [5.74, 6) is 2.58. The van der Waals surface area contributed by atoms with Crippen LogP contribution in [0.3, 0.4) is 0 Å². The van der Waals surface area contributed by atoms with Crippen LogP contribution in [0.4, 0.5) is 0 Å². The Balaban J connectivity index is 1.66. The van der Waals surface area contributed by atoms with Gasteiger partial charge in [0.05, 0.1) is 0 Å². The summed E-state index contributed by atoms with van der Waals surface area (Å²) in [6.45, 7) is 11.9. The zero-order valence-electron chi connectivity index (χ0n) is 11.1. The van der Waals surface area contributed by atoms with Crippen LogP contribution in [-0.2, 0) is 0 Å². The molecular formula is C13H26N2S. The van der Waals surface area contributed by atoms with E-state index in [-0.39, 0.29) is 0 Å². The van der Waals surface area contributed by atoms with Gasteiger partial charge in [-0.15, -0.1) is 0 Å². The molecule has 0 radical (unpaired) electrons. The summed E-state index contributed by atoms with van der Waals surface area (Å²) >= 11 is 2.09. The van der Waals surface area contributed by atoms with E-state index in [9.17, 15) is 0 Å². The molecule has 2 rings (SSSR count). The van der Waals surface area contributed by atoms with Gasteiger partial charge in [0.25, 0.3) is 0 Å². The molecule has 1 saturated heterocycles. The SMILES string of the molecule is CC1(C)C(NCCC2CSCCN2)C1(C)C. The van der Waals surface area contributed by atoms with Gasteiger partial charge in [0.15, 0.2) is 0 Å². The average molecular weight is 242 g/mol. The third-order valence-electron chi connectivity index (χ3n) is 4.86. The Labute approximate surface area is 104 Å². The lowest BCUT2D eigenvalue weighted by Gasteiger charge is -2.23. The van der Waals surface area contributed by atoms with Crippen molar-refractivity contribution in [2.75, 3.05) is 24.6 Å². The largest absolute Gasteiger partial charge is 0.313 e. The van der Waals surface area contributed by atoms with E-state index in [0.717, 1.165) is 12.6 Å². The van der Waals surface area contributed by atoms with Gasteiger partial charge in [0.1, 0.15) is 0 Å². The monoisotopic (exact) mass is 242 g/mol. The van der Waals surface area contributed by atoms with Gasteiger partial charge >= 0.3 is 0 Å². The highest BCUT2D eigenvalue weighted by molar-refractivity contribution is 7.99. The first kappa shape index (κ1) is 12.7. The van der Waals surface area contributed by atoms with Crippen LogP contribution >= 0.6 is 11.8 Å². The van der Waals surface area contributed by atoms with E-state index in [0.29, 0.717) is 16.9 Å². The molecule has 0 amide bonds. The molecular weight excluding hydrogens is 216 g/mol. The summed E-state index contributed by atoms with van der Waals surface area (Å²) in [5.41, 5.74) is 0.948. The second-order valence-electron chi connectivity index (χ2n) is 6.35. The van der Waals surface area contributed by atoms with Gasteiger partial charge in [-0.25, -0.2) is 0 Å². The molecule has 1 unspecified atom stereocenters. The Kier molecular flexibility index (Phi) is 3.58. The van der Waals surface area contributed by atoms with Crippen molar-refractivity contribution < 1.29 is 0 Å². The van der Waals surface area contributed by atoms with Gasteiger partial charge in [0.2, 0.25) is 0 Å². The van der Waals surface area contributed by atoms with Gasteiger partial charge in [-0.3, -0.25) is 0 Å². The number of rotatable bonds is 4. The molecule has 3 heteroatoms. The van der Waals surface area contributed by atoms with Gasteiger partial charge in [-0.2, -0.15) is 11.8 Å². The Hall–Kier alpha value is 0.270. The first-order valence-electron chi connectivity index (χ1n) is 6.51. The van der Waals surface area contributed by atoms with Crippen molar-refractivity contribution in [3.05, 3.63) is 0 Å². The normalized spacial score (nSPS) is 32.6. The third-order valence-corrected chi connectivity index (χ3v) is 5.99. The lowest BCUT2D eigenvalue weighted by Crippen LogP contribution is -2.40. The first-order valence-corrected chi connectivity index (χ1v) is 7.66. The van der Waals surface area contributed by atoms with Crippen molar-refractivity contribution in [1.29, 1.82) is 0 Å². The average Bonchev–Trinajstić information content (AvgIpc) is 2.62. The van der Waals surface area contributed by atoms with Crippen LogP contribution in [0.1, 0.15) is 34.1 Å². The topological polar surface area (TPSA) is 24.1 Å². The Morgan fingerprint density at radius 3 is 2.44 bits per heavy atom. The molecule has 16 heavy (non-hydrogen) atoms. The van der Waals surface area contributed by atoms with Gasteiger partial charge in [0, 0.05) is 30.1 Å². The van der Waals surface area contributed by atoms with Crippen molar-refractivity contribution >= 4 is 11.8 Å². The van der Waals surface area contributed by atoms with Crippen LogP contribution < -0.4 is 10.6 Å². The number of hydrogen-bond acceptors (Lipinski definition) is 3. The molecule has 0 spiro atoms.